The lowest BCUT2D eigenvalue weighted by Gasteiger charge is -2.04. The minimum Gasteiger partial charge on any atom is -0.394 e. The Morgan fingerprint density at radius 3 is 1.50 bits per heavy atom. The van der Waals surface area contributed by atoms with Gasteiger partial charge in [0.25, 0.3) is 0 Å². The number of rotatable bonds is 0. The van der Waals surface area contributed by atoms with Crippen molar-refractivity contribution in [3.05, 3.63) is 24.6 Å². The van der Waals surface area contributed by atoms with Crippen molar-refractivity contribution >= 4 is 50.9 Å². The van der Waals surface area contributed by atoms with E-state index >= 15 is 0 Å². The van der Waals surface area contributed by atoms with Gasteiger partial charge in [0.1, 0.15) is 5.69 Å². The van der Waals surface area contributed by atoms with Gasteiger partial charge in [0.15, 0.2) is 17.5 Å². The lowest BCUT2D eigenvalue weighted by Crippen LogP contribution is -2.04. The van der Waals surface area contributed by atoms with E-state index in [9.17, 15) is 13.2 Å². The van der Waals surface area contributed by atoms with Crippen molar-refractivity contribution in [3.8, 4) is 0 Å². The zero-order chi connectivity index (χ0) is 9.46. The molecule has 0 amide bonds. The van der Waals surface area contributed by atoms with Crippen LogP contribution < -0.4 is 5.73 Å². The fourth-order valence-corrected chi connectivity index (χ4v) is 2.26. The van der Waals surface area contributed by atoms with Crippen LogP contribution in [0, 0.1) is 24.6 Å². The summed E-state index contributed by atoms with van der Waals surface area (Å²) in [6.07, 6.45) is 0. The SMILES string of the molecule is Nc1c(F)c(I)c(F)c(I)c1F. The number of halogens is 5. The van der Waals surface area contributed by atoms with E-state index in [1.54, 1.807) is 0 Å². The third kappa shape index (κ3) is 1.50. The smallest absolute Gasteiger partial charge is 0.165 e. The highest BCUT2D eigenvalue weighted by Crippen LogP contribution is 2.28. The molecule has 0 atom stereocenters. The van der Waals surface area contributed by atoms with Crippen molar-refractivity contribution < 1.29 is 13.2 Å². The average Bonchev–Trinajstić information content (AvgIpc) is 2.08. The molecule has 2 N–H and O–H groups in total. The highest BCUT2D eigenvalue weighted by atomic mass is 127. The first-order chi connectivity index (χ1) is 5.46. The van der Waals surface area contributed by atoms with Crippen LogP contribution >= 0.6 is 45.2 Å². The van der Waals surface area contributed by atoms with E-state index in [4.69, 9.17) is 5.73 Å². The van der Waals surface area contributed by atoms with E-state index in [1.165, 1.54) is 45.2 Å². The first-order valence-corrected chi connectivity index (χ1v) is 4.89. The first kappa shape index (κ1) is 10.4. The van der Waals surface area contributed by atoms with Crippen LogP contribution in [0.15, 0.2) is 0 Å². The number of nitrogens with two attached hydrogens (primary N) is 1. The Morgan fingerprint density at radius 1 is 0.833 bits per heavy atom. The monoisotopic (exact) mass is 399 g/mol. The quantitative estimate of drug-likeness (QED) is 0.309. The maximum absolute atomic E-state index is 12.9. The molecule has 1 nitrogen and oxygen atoms in total. The third-order valence-corrected chi connectivity index (χ3v) is 3.14. The Hall–Kier alpha value is 0.270. The lowest BCUT2D eigenvalue weighted by atomic mass is 10.3. The first-order valence-electron chi connectivity index (χ1n) is 2.73. The van der Waals surface area contributed by atoms with Gasteiger partial charge >= 0.3 is 0 Å². The molecule has 0 aromatic heterocycles. The summed E-state index contributed by atoms with van der Waals surface area (Å²) in [6, 6.07) is 0. The molecule has 0 aliphatic heterocycles. The predicted octanol–water partition coefficient (Wildman–Crippen LogP) is 2.90. The van der Waals surface area contributed by atoms with Gasteiger partial charge in [-0.2, -0.15) is 0 Å². The fourth-order valence-electron chi connectivity index (χ4n) is 0.622. The summed E-state index contributed by atoms with van der Waals surface area (Å²) in [4.78, 5) is 0. The normalized spacial score (nSPS) is 10.4. The molecule has 0 radical (unpaired) electrons. The summed E-state index contributed by atoms with van der Waals surface area (Å²) in [5.74, 6) is -2.97. The van der Waals surface area contributed by atoms with Crippen LogP contribution in [0.4, 0.5) is 18.9 Å². The Balaban J connectivity index is 3.60. The second-order valence-electron chi connectivity index (χ2n) is 1.98. The molecular weight excluding hydrogens is 397 g/mol. The molecule has 0 saturated heterocycles. The van der Waals surface area contributed by atoms with Crippen LogP contribution in [0.1, 0.15) is 0 Å². The Bertz CT molecular complexity index is 235. The molecular formula is C6H2F3I2N. The molecule has 0 heterocycles. The third-order valence-electron chi connectivity index (χ3n) is 1.24. The lowest BCUT2D eigenvalue weighted by molar-refractivity contribution is 0.531. The largest absolute Gasteiger partial charge is 0.394 e. The van der Waals surface area contributed by atoms with E-state index in [2.05, 4.69) is 0 Å². The van der Waals surface area contributed by atoms with E-state index in [1.807, 2.05) is 0 Å². The van der Waals surface area contributed by atoms with E-state index in [0.29, 0.717) is 0 Å². The van der Waals surface area contributed by atoms with Crippen LogP contribution in [0.5, 0.6) is 0 Å². The minimum atomic E-state index is -1.04. The second-order valence-corrected chi connectivity index (χ2v) is 4.14. The number of anilines is 1. The van der Waals surface area contributed by atoms with Crippen LogP contribution in [0.3, 0.4) is 0 Å². The number of nitrogen functional groups attached to an aromatic ring is 1. The molecule has 1 aromatic carbocycles. The highest BCUT2D eigenvalue weighted by Gasteiger charge is 2.19. The number of benzene rings is 1. The summed E-state index contributed by atoms with van der Waals surface area (Å²) in [6.45, 7) is 0. The standard InChI is InChI=1S/C6H2F3I2N/c7-1-4(10)2(8)6(12)3(9)5(1)11/h12H2. The number of hydrogen-bond acceptors (Lipinski definition) is 1. The fraction of sp³-hybridized carbons (Fsp3) is 0. The molecule has 0 unspecified atom stereocenters. The van der Waals surface area contributed by atoms with Crippen molar-refractivity contribution in [3.63, 3.8) is 0 Å². The molecule has 66 valence electrons. The Morgan fingerprint density at radius 2 is 1.17 bits per heavy atom. The second kappa shape index (κ2) is 3.56. The van der Waals surface area contributed by atoms with E-state index < -0.39 is 23.1 Å². The van der Waals surface area contributed by atoms with Crippen molar-refractivity contribution in [1.82, 2.24) is 0 Å². The zero-order valence-corrected chi connectivity index (χ0v) is 9.78. The number of hydrogen-bond donors (Lipinski definition) is 1. The molecule has 0 aliphatic carbocycles. The van der Waals surface area contributed by atoms with Gasteiger partial charge in [-0.25, -0.2) is 13.2 Å². The van der Waals surface area contributed by atoms with Crippen LogP contribution in [-0.4, -0.2) is 0 Å². The summed E-state index contributed by atoms with van der Waals surface area (Å²) < 4.78 is 38.0. The molecule has 6 heteroatoms. The Labute approximate surface area is 93.8 Å². The van der Waals surface area contributed by atoms with Gasteiger partial charge in [0.05, 0.1) is 7.14 Å². The summed E-state index contributed by atoms with van der Waals surface area (Å²) >= 11 is 2.87. The van der Waals surface area contributed by atoms with E-state index in [-0.39, 0.29) is 7.14 Å². The molecule has 0 saturated carbocycles. The zero-order valence-electron chi connectivity index (χ0n) is 5.47. The summed E-state index contributed by atoms with van der Waals surface area (Å²) in [7, 11) is 0. The molecule has 0 spiro atoms. The van der Waals surface area contributed by atoms with Crippen LogP contribution in [-0.2, 0) is 0 Å². The molecule has 1 rings (SSSR count). The topological polar surface area (TPSA) is 26.0 Å². The van der Waals surface area contributed by atoms with Gasteiger partial charge in [-0.3, -0.25) is 0 Å². The molecule has 1 aromatic rings. The van der Waals surface area contributed by atoms with Gasteiger partial charge in [-0.05, 0) is 45.2 Å². The molecule has 0 aliphatic rings. The molecule has 0 fully saturated rings. The molecule has 0 bridgehead atoms. The van der Waals surface area contributed by atoms with E-state index in [0.717, 1.165) is 0 Å². The van der Waals surface area contributed by atoms with Crippen molar-refractivity contribution in [1.29, 1.82) is 0 Å². The van der Waals surface area contributed by atoms with Crippen LogP contribution in [0.25, 0.3) is 0 Å². The van der Waals surface area contributed by atoms with Gasteiger partial charge < -0.3 is 5.73 Å². The predicted molar refractivity (Wildman–Crippen MR) is 56.2 cm³/mol. The van der Waals surface area contributed by atoms with Crippen molar-refractivity contribution in [2.75, 3.05) is 5.73 Å². The maximum atomic E-state index is 12.9. The van der Waals surface area contributed by atoms with Gasteiger partial charge in [0.2, 0.25) is 0 Å². The highest BCUT2D eigenvalue weighted by molar-refractivity contribution is 14.1. The van der Waals surface area contributed by atoms with Crippen molar-refractivity contribution in [2.45, 2.75) is 0 Å². The minimum absolute atomic E-state index is 0.282. The average molecular weight is 399 g/mol. The maximum Gasteiger partial charge on any atom is 0.165 e. The summed E-state index contributed by atoms with van der Waals surface area (Å²) in [5, 5.41) is 0. The molecule has 12 heavy (non-hydrogen) atoms. The van der Waals surface area contributed by atoms with Crippen molar-refractivity contribution in [2.24, 2.45) is 0 Å². The van der Waals surface area contributed by atoms with Gasteiger partial charge in [0, 0.05) is 0 Å². The Kier molecular flexibility index (Phi) is 3.07. The van der Waals surface area contributed by atoms with Gasteiger partial charge in [-0.1, -0.05) is 0 Å². The van der Waals surface area contributed by atoms with Crippen LogP contribution in [0.2, 0.25) is 0 Å². The summed E-state index contributed by atoms with van der Waals surface area (Å²) in [5.41, 5.74) is 4.39. The van der Waals surface area contributed by atoms with Gasteiger partial charge in [-0.15, -0.1) is 0 Å².